The lowest BCUT2D eigenvalue weighted by atomic mass is 10.1. The Kier molecular flexibility index (Phi) is 3.18. The van der Waals surface area contributed by atoms with Crippen LogP contribution in [0.2, 0.25) is 0 Å². The Morgan fingerprint density at radius 1 is 1.41 bits per heavy atom. The SMILES string of the molecule is CCOC(=O)c1c(-c2ccncc2)noc1C. The normalized spacial score (nSPS) is 10.2. The maximum Gasteiger partial charge on any atom is 0.344 e. The molecule has 0 aliphatic carbocycles. The summed E-state index contributed by atoms with van der Waals surface area (Å²) in [5.41, 5.74) is 1.64. The molecule has 0 saturated carbocycles. The van der Waals surface area contributed by atoms with Crippen LogP contribution in [0.5, 0.6) is 0 Å². The third-order valence-corrected chi connectivity index (χ3v) is 2.30. The Bertz CT molecular complexity index is 520. The van der Waals surface area contributed by atoms with Crippen molar-refractivity contribution in [1.29, 1.82) is 0 Å². The Morgan fingerprint density at radius 3 is 2.76 bits per heavy atom. The molecule has 88 valence electrons. The molecule has 0 unspecified atom stereocenters. The number of aromatic nitrogens is 2. The van der Waals surface area contributed by atoms with Crippen molar-refractivity contribution in [2.24, 2.45) is 0 Å². The molecule has 0 radical (unpaired) electrons. The van der Waals surface area contributed by atoms with E-state index >= 15 is 0 Å². The number of hydrogen-bond donors (Lipinski definition) is 0. The molecular weight excluding hydrogens is 220 g/mol. The number of carbonyl (C=O) groups is 1. The number of nitrogens with zero attached hydrogens (tertiary/aromatic N) is 2. The van der Waals surface area contributed by atoms with Crippen LogP contribution in [0.4, 0.5) is 0 Å². The second kappa shape index (κ2) is 4.78. The average molecular weight is 232 g/mol. The van der Waals surface area contributed by atoms with Gasteiger partial charge in [0.2, 0.25) is 0 Å². The first-order valence-corrected chi connectivity index (χ1v) is 5.27. The maximum atomic E-state index is 11.8. The molecule has 0 fully saturated rings. The minimum atomic E-state index is -0.418. The Labute approximate surface area is 98.4 Å². The van der Waals surface area contributed by atoms with Gasteiger partial charge in [-0.1, -0.05) is 5.16 Å². The zero-order valence-electron chi connectivity index (χ0n) is 9.64. The number of aryl methyl sites for hydroxylation is 1. The van der Waals surface area contributed by atoms with Crippen LogP contribution >= 0.6 is 0 Å². The van der Waals surface area contributed by atoms with E-state index < -0.39 is 5.97 Å². The topological polar surface area (TPSA) is 65.2 Å². The van der Waals surface area contributed by atoms with Crippen LogP contribution in [0.3, 0.4) is 0 Å². The number of pyridine rings is 1. The standard InChI is InChI=1S/C12H12N2O3/c1-3-16-12(15)10-8(2)17-14-11(10)9-4-6-13-7-5-9/h4-7H,3H2,1-2H3. The third-order valence-electron chi connectivity index (χ3n) is 2.30. The Balaban J connectivity index is 2.46. The number of rotatable bonds is 3. The highest BCUT2D eigenvalue weighted by molar-refractivity contribution is 5.96. The minimum absolute atomic E-state index is 0.319. The van der Waals surface area contributed by atoms with E-state index in [1.165, 1.54) is 0 Å². The first kappa shape index (κ1) is 11.3. The van der Waals surface area contributed by atoms with Gasteiger partial charge in [0, 0.05) is 18.0 Å². The zero-order valence-corrected chi connectivity index (χ0v) is 9.64. The summed E-state index contributed by atoms with van der Waals surface area (Å²) in [6.45, 7) is 3.76. The lowest BCUT2D eigenvalue weighted by molar-refractivity contribution is 0.0525. The van der Waals surface area contributed by atoms with Crippen molar-refractivity contribution in [3.8, 4) is 11.3 Å². The summed E-state index contributed by atoms with van der Waals surface area (Å²) >= 11 is 0. The van der Waals surface area contributed by atoms with Gasteiger partial charge >= 0.3 is 5.97 Å². The van der Waals surface area contributed by atoms with Crippen LogP contribution in [0, 0.1) is 6.92 Å². The second-order valence-electron chi connectivity index (χ2n) is 3.42. The van der Waals surface area contributed by atoms with E-state index in [1.54, 1.807) is 38.4 Å². The molecule has 0 saturated heterocycles. The van der Waals surface area contributed by atoms with Crippen molar-refractivity contribution in [2.45, 2.75) is 13.8 Å². The molecule has 2 rings (SSSR count). The molecule has 2 heterocycles. The quantitative estimate of drug-likeness (QED) is 0.759. The van der Waals surface area contributed by atoms with Crippen LogP contribution < -0.4 is 0 Å². The van der Waals surface area contributed by atoms with Crippen molar-refractivity contribution >= 4 is 5.97 Å². The van der Waals surface area contributed by atoms with E-state index in [-0.39, 0.29) is 0 Å². The van der Waals surface area contributed by atoms with Gasteiger partial charge in [-0.3, -0.25) is 4.98 Å². The molecule has 5 nitrogen and oxygen atoms in total. The van der Waals surface area contributed by atoms with E-state index in [2.05, 4.69) is 10.1 Å². The third kappa shape index (κ3) is 2.18. The van der Waals surface area contributed by atoms with Gasteiger partial charge in [-0.05, 0) is 26.0 Å². The summed E-state index contributed by atoms with van der Waals surface area (Å²) in [6, 6.07) is 3.53. The highest BCUT2D eigenvalue weighted by Gasteiger charge is 2.22. The summed E-state index contributed by atoms with van der Waals surface area (Å²) in [6.07, 6.45) is 3.27. The summed E-state index contributed by atoms with van der Waals surface area (Å²) in [5.74, 6) is 0.0355. The molecule has 0 N–H and O–H groups in total. The molecule has 0 aliphatic heterocycles. The van der Waals surface area contributed by atoms with Crippen molar-refractivity contribution in [3.05, 3.63) is 35.9 Å². The highest BCUT2D eigenvalue weighted by Crippen LogP contribution is 2.25. The van der Waals surface area contributed by atoms with E-state index in [0.717, 1.165) is 5.56 Å². The van der Waals surface area contributed by atoms with Gasteiger partial charge in [0.25, 0.3) is 0 Å². The molecule has 17 heavy (non-hydrogen) atoms. The van der Waals surface area contributed by atoms with Crippen molar-refractivity contribution in [2.75, 3.05) is 6.61 Å². The summed E-state index contributed by atoms with van der Waals surface area (Å²) in [4.78, 5) is 15.7. The molecule has 0 aromatic carbocycles. The molecule has 2 aromatic rings. The maximum absolute atomic E-state index is 11.8. The summed E-state index contributed by atoms with van der Waals surface area (Å²) in [5, 5.41) is 3.89. The molecular formula is C12H12N2O3. The van der Waals surface area contributed by atoms with Crippen LogP contribution in [0.25, 0.3) is 11.3 Å². The molecule has 0 aliphatic rings. The van der Waals surface area contributed by atoms with Gasteiger partial charge in [-0.15, -0.1) is 0 Å². The van der Waals surface area contributed by atoms with E-state index in [1.807, 2.05) is 0 Å². The Morgan fingerprint density at radius 2 is 2.12 bits per heavy atom. The summed E-state index contributed by atoms with van der Waals surface area (Å²) in [7, 11) is 0. The minimum Gasteiger partial charge on any atom is -0.462 e. The number of hydrogen-bond acceptors (Lipinski definition) is 5. The zero-order chi connectivity index (χ0) is 12.3. The predicted molar refractivity (Wildman–Crippen MR) is 60.4 cm³/mol. The van der Waals surface area contributed by atoms with E-state index in [0.29, 0.717) is 23.6 Å². The fraction of sp³-hybridized carbons (Fsp3) is 0.250. The average Bonchev–Trinajstić information content (AvgIpc) is 2.73. The van der Waals surface area contributed by atoms with Gasteiger partial charge in [-0.2, -0.15) is 0 Å². The number of ether oxygens (including phenoxy) is 1. The van der Waals surface area contributed by atoms with E-state index in [4.69, 9.17) is 9.26 Å². The van der Waals surface area contributed by atoms with Crippen molar-refractivity contribution in [3.63, 3.8) is 0 Å². The first-order valence-electron chi connectivity index (χ1n) is 5.27. The Hall–Kier alpha value is -2.17. The number of carbonyl (C=O) groups excluding carboxylic acids is 1. The van der Waals surface area contributed by atoms with E-state index in [9.17, 15) is 4.79 Å². The van der Waals surface area contributed by atoms with Crippen LogP contribution in [0.1, 0.15) is 23.0 Å². The van der Waals surface area contributed by atoms with Gasteiger partial charge in [0.1, 0.15) is 17.0 Å². The predicted octanol–water partition coefficient (Wildman–Crippen LogP) is 2.22. The van der Waals surface area contributed by atoms with Gasteiger partial charge in [0.05, 0.1) is 6.61 Å². The molecule has 0 atom stereocenters. The first-order chi connectivity index (χ1) is 8.24. The van der Waals surface area contributed by atoms with Crippen molar-refractivity contribution < 1.29 is 14.1 Å². The fourth-order valence-electron chi connectivity index (χ4n) is 1.52. The molecule has 2 aromatic heterocycles. The monoisotopic (exact) mass is 232 g/mol. The molecule has 5 heteroatoms. The number of esters is 1. The van der Waals surface area contributed by atoms with Crippen LogP contribution in [0.15, 0.2) is 29.0 Å². The van der Waals surface area contributed by atoms with Crippen LogP contribution in [-0.4, -0.2) is 22.7 Å². The highest BCUT2D eigenvalue weighted by atomic mass is 16.5. The smallest absolute Gasteiger partial charge is 0.344 e. The summed E-state index contributed by atoms with van der Waals surface area (Å²) < 4.78 is 10.0. The largest absolute Gasteiger partial charge is 0.462 e. The van der Waals surface area contributed by atoms with Crippen LogP contribution in [-0.2, 0) is 4.74 Å². The molecule has 0 amide bonds. The second-order valence-corrected chi connectivity index (χ2v) is 3.42. The fourth-order valence-corrected chi connectivity index (χ4v) is 1.52. The lowest BCUT2D eigenvalue weighted by Crippen LogP contribution is -2.06. The molecule has 0 bridgehead atoms. The van der Waals surface area contributed by atoms with Gasteiger partial charge in [0.15, 0.2) is 0 Å². The van der Waals surface area contributed by atoms with Crippen molar-refractivity contribution in [1.82, 2.24) is 10.1 Å². The van der Waals surface area contributed by atoms with Gasteiger partial charge < -0.3 is 9.26 Å². The molecule has 0 spiro atoms. The lowest BCUT2D eigenvalue weighted by Gasteiger charge is -2.02. The van der Waals surface area contributed by atoms with Gasteiger partial charge in [-0.25, -0.2) is 4.79 Å².